The lowest BCUT2D eigenvalue weighted by Gasteiger charge is -2.24. The molecule has 0 heterocycles. The van der Waals surface area contributed by atoms with Crippen LogP contribution in [0.3, 0.4) is 0 Å². The third-order valence-corrected chi connectivity index (χ3v) is 10.4. The van der Waals surface area contributed by atoms with Crippen LogP contribution < -0.4 is 15.9 Å². The minimum atomic E-state index is -1.81. The Hall–Kier alpha value is -1.69. The molecule has 162 valence electrons. The van der Waals surface area contributed by atoms with Crippen molar-refractivity contribution in [3.05, 3.63) is 103 Å². The van der Waals surface area contributed by atoms with Crippen LogP contribution in [0.2, 0.25) is 0 Å². The average molecular weight is 494 g/mol. The van der Waals surface area contributed by atoms with Gasteiger partial charge in [-0.25, -0.2) is 0 Å². The second-order valence-electron chi connectivity index (χ2n) is 8.07. The highest BCUT2D eigenvalue weighted by atomic mass is 79.9. The zero-order valence-corrected chi connectivity index (χ0v) is 21.0. The van der Waals surface area contributed by atoms with Gasteiger partial charge in [0.15, 0.2) is 0 Å². The Morgan fingerprint density at radius 1 is 0.516 bits per heavy atom. The molecule has 31 heavy (non-hydrogen) atoms. The van der Waals surface area contributed by atoms with Crippen LogP contribution in [0.15, 0.2) is 103 Å². The van der Waals surface area contributed by atoms with Crippen LogP contribution in [-0.4, -0.2) is 5.33 Å². The van der Waals surface area contributed by atoms with Gasteiger partial charge in [0, 0.05) is 5.33 Å². The number of unbranched alkanes of at least 4 members (excludes halogenated alkanes) is 7. The number of halogens is 1. The summed E-state index contributed by atoms with van der Waals surface area (Å²) in [7, 11) is -1.81. The topological polar surface area (TPSA) is 0 Å². The van der Waals surface area contributed by atoms with Crippen LogP contribution in [0.5, 0.6) is 0 Å². The summed E-state index contributed by atoms with van der Waals surface area (Å²) in [5, 5.41) is 5.42. The predicted molar refractivity (Wildman–Crippen MR) is 145 cm³/mol. The lowest BCUT2D eigenvalue weighted by molar-refractivity contribution is 0.594. The Morgan fingerprint density at radius 3 is 1.32 bits per heavy atom. The van der Waals surface area contributed by atoms with Crippen molar-refractivity contribution in [1.82, 2.24) is 0 Å². The van der Waals surface area contributed by atoms with Crippen LogP contribution in [-0.2, 0) is 0 Å². The van der Waals surface area contributed by atoms with E-state index < -0.39 is 7.26 Å². The molecule has 0 N–H and O–H groups in total. The van der Waals surface area contributed by atoms with Crippen LogP contribution in [0, 0.1) is 0 Å². The summed E-state index contributed by atoms with van der Waals surface area (Å²) in [5.41, 5.74) is 0. The van der Waals surface area contributed by atoms with Crippen molar-refractivity contribution in [2.24, 2.45) is 0 Å². The molecule has 2 heteroatoms. The van der Waals surface area contributed by atoms with Crippen molar-refractivity contribution in [1.29, 1.82) is 0 Å². The maximum atomic E-state index is 3.52. The Morgan fingerprint density at radius 2 is 0.903 bits per heavy atom. The van der Waals surface area contributed by atoms with Crippen molar-refractivity contribution in [3.8, 4) is 0 Å². The second-order valence-corrected chi connectivity index (χ2v) is 12.2. The molecule has 0 saturated carbocycles. The first-order valence-corrected chi connectivity index (χ1v) is 14.6. The van der Waals surface area contributed by atoms with Crippen LogP contribution in [0.4, 0.5) is 0 Å². The molecule has 0 saturated heterocycles. The smallest absolute Gasteiger partial charge is 0.0928 e. The largest absolute Gasteiger partial charge is 0.136 e. The Balaban J connectivity index is 1.78. The molecule has 0 amide bonds. The number of benzene rings is 3. The van der Waals surface area contributed by atoms with Gasteiger partial charge in [0.05, 0.1) is 5.82 Å². The fourth-order valence-electron chi connectivity index (χ4n) is 4.17. The first kappa shape index (κ1) is 24.0. The van der Waals surface area contributed by atoms with E-state index in [0.717, 1.165) is 11.8 Å². The van der Waals surface area contributed by atoms with E-state index in [-0.39, 0.29) is 0 Å². The van der Waals surface area contributed by atoms with Gasteiger partial charge < -0.3 is 0 Å². The van der Waals surface area contributed by atoms with Crippen LogP contribution >= 0.6 is 23.2 Å². The third kappa shape index (κ3) is 6.90. The molecule has 0 unspecified atom stereocenters. The molecule has 0 atom stereocenters. The zero-order chi connectivity index (χ0) is 21.6. The third-order valence-electron chi connectivity index (χ3n) is 5.82. The maximum Gasteiger partial charge on any atom is 0.136 e. The molecule has 3 aromatic rings. The first-order chi connectivity index (χ1) is 15.4. The van der Waals surface area contributed by atoms with Gasteiger partial charge in [0.25, 0.3) is 0 Å². The fraction of sp³-hybridized carbons (Fsp3) is 0.310. The molecule has 0 aliphatic heterocycles. The molecule has 3 rings (SSSR count). The molecule has 0 aliphatic rings. The summed E-state index contributed by atoms with van der Waals surface area (Å²) in [5.74, 6) is 2.56. The number of rotatable bonds is 13. The van der Waals surface area contributed by atoms with E-state index >= 15 is 0 Å². The SMILES string of the molecule is BrCCCCCCCCCC=C[P+](c1ccccc1)(c1ccccc1)c1ccccc1. The molecular formula is C29H35BrP+. The van der Waals surface area contributed by atoms with Crippen LogP contribution in [0.25, 0.3) is 0 Å². The number of alkyl halides is 1. The van der Waals surface area contributed by atoms with Gasteiger partial charge in [-0.1, -0.05) is 103 Å². The lowest BCUT2D eigenvalue weighted by Crippen LogP contribution is -2.29. The molecule has 3 aromatic carbocycles. The second kappa shape index (κ2) is 13.7. The standard InChI is InChI=1S/C29H35BrP/c30-25-17-6-4-2-1-3-5-7-18-26-31(27-19-11-8-12-20-27,28-21-13-9-14-22-28)29-23-15-10-16-24-29/h8-16,18-24,26H,1-7,17,25H2/q+1. The Labute approximate surface area is 198 Å². The van der Waals surface area contributed by atoms with E-state index in [0.29, 0.717) is 0 Å². The van der Waals surface area contributed by atoms with Gasteiger partial charge in [0.1, 0.15) is 23.2 Å². The van der Waals surface area contributed by atoms with Gasteiger partial charge >= 0.3 is 0 Å². The maximum absolute atomic E-state index is 3.52. The predicted octanol–water partition coefficient (Wildman–Crippen LogP) is 8.01. The van der Waals surface area contributed by atoms with E-state index in [1.165, 1.54) is 60.9 Å². The molecule has 0 aliphatic carbocycles. The van der Waals surface area contributed by atoms with E-state index in [4.69, 9.17) is 0 Å². The van der Waals surface area contributed by atoms with Gasteiger partial charge in [0.2, 0.25) is 0 Å². The molecule has 0 aromatic heterocycles. The molecule has 0 bridgehead atoms. The normalized spacial score (nSPS) is 11.8. The molecule has 0 fully saturated rings. The van der Waals surface area contributed by atoms with E-state index in [1.54, 1.807) is 0 Å². The fourth-order valence-corrected chi connectivity index (χ4v) is 8.37. The van der Waals surface area contributed by atoms with E-state index in [2.05, 4.69) is 119 Å². The first-order valence-electron chi connectivity index (χ1n) is 11.7. The molecular weight excluding hydrogens is 459 g/mol. The monoisotopic (exact) mass is 493 g/mol. The zero-order valence-electron chi connectivity index (χ0n) is 18.5. The van der Waals surface area contributed by atoms with E-state index in [9.17, 15) is 0 Å². The van der Waals surface area contributed by atoms with E-state index in [1.807, 2.05) is 0 Å². The highest BCUT2D eigenvalue weighted by Gasteiger charge is 2.42. The summed E-state index contributed by atoms with van der Waals surface area (Å²) < 4.78 is 0. The lowest BCUT2D eigenvalue weighted by atomic mass is 10.1. The Kier molecular flexibility index (Phi) is 10.6. The highest BCUT2D eigenvalue weighted by Crippen LogP contribution is 2.56. The van der Waals surface area contributed by atoms with Crippen molar-refractivity contribution in [2.75, 3.05) is 5.33 Å². The summed E-state index contributed by atoms with van der Waals surface area (Å²) in [6.45, 7) is 0. The van der Waals surface area contributed by atoms with Gasteiger partial charge in [-0.15, -0.1) is 0 Å². The minimum Gasteiger partial charge on any atom is -0.0928 e. The van der Waals surface area contributed by atoms with Gasteiger partial charge in [-0.3, -0.25) is 0 Å². The molecule has 0 radical (unpaired) electrons. The highest BCUT2D eigenvalue weighted by molar-refractivity contribution is 9.09. The van der Waals surface area contributed by atoms with Crippen LogP contribution in [0.1, 0.15) is 51.4 Å². The Bertz CT molecular complexity index is 778. The summed E-state index contributed by atoms with van der Waals surface area (Å²) >= 11 is 3.52. The number of hydrogen-bond acceptors (Lipinski definition) is 0. The molecule has 0 spiro atoms. The van der Waals surface area contributed by atoms with Crippen molar-refractivity contribution in [2.45, 2.75) is 51.4 Å². The number of allylic oxidation sites excluding steroid dienone is 1. The number of hydrogen-bond donors (Lipinski definition) is 0. The quantitative estimate of drug-likeness (QED) is 0.128. The average Bonchev–Trinajstić information content (AvgIpc) is 2.84. The minimum absolute atomic E-state index is 1.15. The van der Waals surface area contributed by atoms with Crippen molar-refractivity contribution < 1.29 is 0 Å². The van der Waals surface area contributed by atoms with Crippen molar-refractivity contribution >= 4 is 39.1 Å². The van der Waals surface area contributed by atoms with Gasteiger partial charge in [-0.05, 0) is 61.7 Å². The van der Waals surface area contributed by atoms with Crippen molar-refractivity contribution in [3.63, 3.8) is 0 Å². The summed E-state index contributed by atoms with van der Waals surface area (Å²) in [4.78, 5) is 0. The summed E-state index contributed by atoms with van der Waals surface area (Å²) in [6.07, 6.45) is 13.1. The summed E-state index contributed by atoms with van der Waals surface area (Å²) in [6, 6.07) is 33.3. The molecule has 0 nitrogen and oxygen atoms in total. The van der Waals surface area contributed by atoms with Gasteiger partial charge in [-0.2, -0.15) is 0 Å².